The molecule has 1 aliphatic heterocycles. The Kier molecular flexibility index (Phi) is 6.42. The average molecular weight is 485 g/mol. The van der Waals surface area contributed by atoms with Gasteiger partial charge in [-0.25, -0.2) is 0 Å². The third-order valence-electron chi connectivity index (χ3n) is 6.01. The lowest BCUT2D eigenvalue weighted by molar-refractivity contribution is 0.242. The molecule has 0 amide bonds. The van der Waals surface area contributed by atoms with Crippen LogP contribution >= 0.6 is 12.2 Å². The zero-order chi connectivity index (χ0) is 24.4. The lowest BCUT2D eigenvalue weighted by Crippen LogP contribution is -2.30. The van der Waals surface area contributed by atoms with Crippen molar-refractivity contribution in [2.45, 2.75) is 32.0 Å². The molecular weight excluding hydrogens is 456 g/mol. The number of thiocarbonyl (C=S) groups is 1. The first-order valence-electron chi connectivity index (χ1n) is 11.6. The molecule has 1 fully saturated rings. The van der Waals surface area contributed by atoms with Crippen LogP contribution in [0.4, 0.5) is 5.69 Å². The van der Waals surface area contributed by atoms with Gasteiger partial charge >= 0.3 is 0 Å². The molecule has 0 radical (unpaired) electrons. The summed E-state index contributed by atoms with van der Waals surface area (Å²) in [6.45, 7) is 4.04. The first-order chi connectivity index (χ1) is 17.1. The van der Waals surface area contributed by atoms with Gasteiger partial charge in [0, 0.05) is 23.8 Å². The highest BCUT2D eigenvalue weighted by Crippen LogP contribution is 2.43. The van der Waals surface area contributed by atoms with Gasteiger partial charge in [0.05, 0.1) is 30.6 Å². The van der Waals surface area contributed by atoms with E-state index in [1.165, 1.54) is 0 Å². The lowest BCUT2D eigenvalue weighted by Gasteiger charge is -2.29. The number of anilines is 1. The second-order valence-corrected chi connectivity index (χ2v) is 9.02. The minimum Gasteiger partial charge on any atom is -0.495 e. The van der Waals surface area contributed by atoms with E-state index in [1.807, 2.05) is 68.6 Å². The standard InChI is InChI=1S/C28H28N4O2S/c1-19(2)34-21-15-13-20(14-16-21)32-27(26(30-28(32)35)22-9-6-7-17-29-22)24-11-8-18-31(24)23-10-4-5-12-25(23)33-3/h4-19,26-27H,1-3H3,(H,30,35). The van der Waals surface area contributed by atoms with Gasteiger partial charge in [-0.05, 0) is 86.7 Å². The Morgan fingerprint density at radius 2 is 1.71 bits per heavy atom. The number of nitrogens with zero attached hydrogens (tertiary/aromatic N) is 3. The molecule has 3 heterocycles. The second kappa shape index (κ2) is 9.80. The van der Waals surface area contributed by atoms with Gasteiger partial charge in [-0.15, -0.1) is 0 Å². The van der Waals surface area contributed by atoms with Gasteiger partial charge < -0.3 is 24.3 Å². The third kappa shape index (κ3) is 4.47. The summed E-state index contributed by atoms with van der Waals surface area (Å²) in [5.41, 5.74) is 3.94. The second-order valence-electron chi connectivity index (χ2n) is 8.63. The normalized spacial score (nSPS) is 17.5. The summed E-state index contributed by atoms with van der Waals surface area (Å²) in [5, 5.41) is 4.18. The maximum Gasteiger partial charge on any atom is 0.174 e. The molecule has 2 aromatic heterocycles. The number of ether oxygens (including phenoxy) is 2. The third-order valence-corrected chi connectivity index (χ3v) is 6.33. The summed E-state index contributed by atoms with van der Waals surface area (Å²) in [5.74, 6) is 1.63. The van der Waals surface area contributed by atoms with E-state index < -0.39 is 0 Å². The summed E-state index contributed by atoms with van der Waals surface area (Å²) < 4.78 is 13.7. The van der Waals surface area contributed by atoms with Gasteiger partial charge in [0.15, 0.2) is 5.11 Å². The van der Waals surface area contributed by atoms with Crippen molar-refractivity contribution in [3.05, 3.63) is 103 Å². The van der Waals surface area contributed by atoms with Crippen molar-refractivity contribution in [3.63, 3.8) is 0 Å². The van der Waals surface area contributed by atoms with Gasteiger partial charge in [-0.3, -0.25) is 4.98 Å². The Morgan fingerprint density at radius 3 is 2.43 bits per heavy atom. The highest BCUT2D eigenvalue weighted by Gasteiger charge is 2.42. The number of methoxy groups -OCH3 is 1. The molecule has 1 aliphatic rings. The zero-order valence-electron chi connectivity index (χ0n) is 20.0. The van der Waals surface area contributed by atoms with Gasteiger partial charge in [-0.1, -0.05) is 18.2 Å². The topological polar surface area (TPSA) is 51.5 Å². The number of hydrogen-bond acceptors (Lipinski definition) is 4. The van der Waals surface area contributed by atoms with Crippen LogP contribution in [0.25, 0.3) is 5.69 Å². The maximum absolute atomic E-state index is 5.88. The fourth-order valence-electron chi connectivity index (χ4n) is 4.57. The van der Waals surface area contributed by atoms with Crippen LogP contribution in [-0.2, 0) is 0 Å². The van der Waals surface area contributed by atoms with Crippen LogP contribution in [-0.4, -0.2) is 27.9 Å². The largest absolute Gasteiger partial charge is 0.495 e. The van der Waals surface area contributed by atoms with Crippen LogP contribution in [0.2, 0.25) is 0 Å². The minimum absolute atomic E-state index is 0.112. The smallest absolute Gasteiger partial charge is 0.174 e. The van der Waals surface area contributed by atoms with Gasteiger partial charge in [0.25, 0.3) is 0 Å². The Morgan fingerprint density at radius 1 is 0.943 bits per heavy atom. The molecule has 6 nitrogen and oxygen atoms in total. The predicted octanol–water partition coefficient (Wildman–Crippen LogP) is 5.85. The van der Waals surface area contributed by atoms with Crippen LogP contribution in [0, 0.1) is 0 Å². The van der Waals surface area contributed by atoms with Crippen LogP contribution in [0.3, 0.4) is 0 Å². The molecule has 5 rings (SSSR count). The summed E-state index contributed by atoms with van der Waals surface area (Å²) in [4.78, 5) is 6.83. The fraction of sp³-hybridized carbons (Fsp3) is 0.214. The van der Waals surface area contributed by atoms with E-state index in [0.717, 1.165) is 34.3 Å². The molecule has 7 heteroatoms. The minimum atomic E-state index is -0.144. The Balaban J connectivity index is 1.62. The number of hydrogen-bond donors (Lipinski definition) is 1. The molecule has 0 bridgehead atoms. The molecule has 0 saturated carbocycles. The van der Waals surface area contributed by atoms with E-state index in [1.54, 1.807) is 7.11 Å². The van der Waals surface area contributed by atoms with Crippen molar-refractivity contribution in [1.82, 2.24) is 14.9 Å². The quantitative estimate of drug-likeness (QED) is 0.332. The van der Waals surface area contributed by atoms with Crippen molar-refractivity contribution >= 4 is 23.0 Å². The number of rotatable bonds is 7. The van der Waals surface area contributed by atoms with Gasteiger partial charge in [-0.2, -0.15) is 0 Å². The van der Waals surface area contributed by atoms with Crippen molar-refractivity contribution in [1.29, 1.82) is 0 Å². The van der Waals surface area contributed by atoms with Crippen LogP contribution in [0.1, 0.15) is 37.3 Å². The summed E-state index contributed by atoms with van der Waals surface area (Å²) in [6, 6.07) is 26.0. The summed E-state index contributed by atoms with van der Waals surface area (Å²) >= 11 is 5.88. The van der Waals surface area contributed by atoms with E-state index in [9.17, 15) is 0 Å². The number of para-hydroxylation sites is 2. The van der Waals surface area contributed by atoms with Crippen molar-refractivity contribution in [2.24, 2.45) is 0 Å². The molecule has 1 saturated heterocycles. The Bertz CT molecular complexity index is 1300. The molecule has 0 aliphatic carbocycles. The molecule has 2 aromatic carbocycles. The molecule has 1 N–H and O–H groups in total. The molecule has 2 atom stereocenters. The van der Waals surface area contributed by atoms with Crippen LogP contribution < -0.4 is 19.7 Å². The first-order valence-corrected chi connectivity index (χ1v) is 12.1. The maximum atomic E-state index is 5.88. The van der Waals surface area contributed by atoms with Gasteiger partial charge in [0.2, 0.25) is 0 Å². The monoisotopic (exact) mass is 484 g/mol. The van der Waals surface area contributed by atoms with Crippen molar-refractivity contribution in [2.75, 3.05) is 12.0 Å². The van der Waals surface area contributed by atoms with E-state index in [-0.39, 0.29) is 18.2 Å². The lowest BCUT2D eigenvalue weighted by atomic mass is 10.0. The predicted molar refractivity (Wildman–Crippen MR) is 142 cm³/mol. The van der Waals surface area contributed by atoms with Crippen molar-refractivity contribution in [3.8, 4) is 17.2 Å². The highest BCUT2D eigenvalue weighted by atomic mass is 32.1. The number of benzene rings is 2. The number of pyridine rings is 1. The molecule has 0 spiro atoms. The Labute approximate surface area is 211 Å². The SMILES string of the molecule is COc1ccccc1-n1cccc1C1C(c2ccccn2)NC(=S)N1c1ccc(OC(C)C)cc1. The van der Waals surface area contributed by atoms with E-state index in [4.69, 9.17) is 21.7 Å². The van der Waals surface area contributed by atoms with Crippen LogP contribution in [0.15, 0.2) is 91.3 Å². The van der Waals surface area contributed by atoms with E-state index >= 15 is 0 Å². The molecule has 35 heavy (non-hydrogen) atoms. The number of aromatic nitrogens is 2. The zero-order valence-corrected chi connectivity index (χ0v) is 20.8. The van der Waals surface area contributed by atoms with E-state index in [0.29, 0.717) is 5.11 Å². The molecule has 178 valence electrons. The molecule has 4 aromatic rings. The average Bonchev–Trinajstić information content (AvgIpc) is 3.49. The molecule has 2 unspecified atom stereocenters. The number of nitrogens with one attached hydrogen (secondary N) is 1. The Hall–Kier alpha value is -3.84. The highest BCUT2D eigenvalue weighted by molar-refractivity contribution is 7.80. The summed E-state index contributed by atoms with van der Waals surface area (Å²) in [7, 11) is 1.69. The summed E-state index contributed by atoms with van der Waals surface area (Å²) in [6.07, 6.45) is 3.99. The van der Waals surface area contributed by atoms with Crippen molar-refractivity contribution < 1.29 is 9.47 Å². The fourth-order valence-corrected chi connectivity index (χ4v) is 4.92. The molecular formula is C28H28N4O2S. The van der Waals surface area contributed by atoms with Gasteiger partial charge in [0.1, 0.15) is 17.5 Å². The van der Waals surface area contributed by atoms with Crippen LogP contribution in [0.5, 0.6) is 11.5 Å². The first kappa shape index (κ1) is 22.9. The van der Waals surface area contributed by atoms with E-state index in [2.05, 4.69) is 56.3 Å².